The van der Waals surface area contributed by atoms with Crippen molar-refractivity contribution in [3.63, 3.8) is 0 Å². The normalized spacial score (nSPS) is 15.6. The van der Waals surface area contributed by atoms with E-state index in [0.717, 1.165) is 25.3 Å². The second-order valence-corrected chi connectivity index (χ2v) is 9.85. The molecule has 1 amide bonds. The molecule has 1 aliphatic rings. The first-order valence-electron chi connectivity index (χ1n) is 10.0. The molecule has 1 saturated heterocycles. The number of hydrogen-bond acceptors (Lipinski definition) is 6. The predicted molar refractivity (Wildman–Crippen MR) is 116 cm³/mol. The van der Waals surface area contributed by atoms with Gasteiger partial charge >= 0.3 is 0 Å². The second-order valence-electron chi connectivity index (χ2n) is 7.05. The number of likely N-dealkylation sites (tertiary alicyclic amines) is 1. The van der Waals surface area contributed by atoms with Crippen LogP contribution in [-0.4, -0.2) is 54.7 Å². The number of aromatic nitrogens is 1. The van der Waals surface area contributed by atoms with Crippen molar-refractivity contribution < 1.29 is 13.2 Å². The van der Waals surface area contributed by atoms with E-state index >= 15 is 0 Å². The number of benzene rings is 1. The molecule has 9 heteroatoms. The number of carbonyl (C=O) groups is 1. The van der Waals surface area contributed by atoms with Crippen LogP contribution in [0.15, 0.2) is 34.5 Å². The summed E-state index contributed by atoms with van der Waals surface area (Å²) >= 11 is 1.39. The van der Waals surface area contributed by atoms with E-state index in [-0.39, 0.29) is 10.8 Å². The Bertz CT molecular complexity index is 933. The molecule has 0 saturated carbocycles. The lowest BCUT2D eigenvalue weighted by molar-refractivity contribution is 0.102. The highest BCUT2D eigenvalue weighted by Crippen LogP contribution is 2.21. The molecular weight excluding hydrogens is 408 g/mol. The minimum absolute atomic E-state index is 0.124. The molecule has 29 heavy (non-hydrogen) atoms. The van der Waals surface area contributed by atoms with Crippen molar-refractivity contribution in [1.29, 1.82) is 0 Å². The van der Waals surface area contributed by atoms with Gasteiger partial charge in [-0.1, -0.05) is 26.3 Å². The standard InChI is InChI=1S/C20H28N4O3S2/c1-3-24(4-2)29(26,27)18-10-8-9-16(13-18)19(25)22-20-21-17(15-28-20)14-23-11-6-5-7-12-23/h8-10,13,15H,3-7,11-12,14H2,1-2H3,(H,21,22,25). The van der Waals surface area contributed by atoms with Gasteiger partial charge in [0.15, 0.2) is 5.13 Å². The molecule has 2 heterocycles. The van der Waals surface area contributed by atoms with E-state index in [1.54, 1.807) is 26.0 Å². The van der Waals surface area contributed by atoms with Crippen molar-refractivity contribution in [3.05, 3.63) is 40.9 Å². The van der Waals surface area contributed by atoms with Crippen LogP contribution >= 0.6 is 11.3 Å². The largest absolute Gasteiger partial charge is 0.298 e. The first kappa shape index (κ1) is 21.9. The first-order chi connectivity index (χ1) is 13.9. The number of hydrogen-bond donors (Lipinski definition) is 1. The van der Waals surface area contributed by atoms with Crippen molar-refractivity contribution >= 4 is 32.4 Å². The SMILES string of the molecule is CCN(CC)S(=O)(=O)c1cccc(C(=O)Nc2nc(CN3CCCCC3)cs2)c1. The molecule has 1 N–H and O–H groups in total. The summed E-state index contributed by atoms with van der Waals surface area (Å²) in [5.74, 6) is -0.361. The van der Waals surface area contributed by atoms with Crippen LogP contribution in [0.25, 0.3) is 0 Å². The van der Waals surface area contributed by atoms with Crippen molar-refractivity contribution in [3.8, 4) is 0 Å². The molecule has 1 aromatic heterocycles. The van der Waals surface area contributed by atoms with Gasteiger partial charge in [0.2, 0.25) is 10.0 Å². The summed E-state index contributed by atoms with van der Waals surface area (Å²) in [6.45, 7) is 7.33. The first-order valence-corrected chi connectivity index (χ1v) is 12.3. The number of carbonyl (C=O) groups excluding carboxylic acids is 1. The van der Waals surface area contributed by atoms with Gasteiger partial charge in [0, 0.05) is 30.6 Å². The Morgan fingerprint density at radius 1 is 1.21 bits per heavy atom. The molecule has 1 aromatic carbocycles. The number of nitrogens with zero attached hydrogens (tertiary/aromatic N) is 3. The third-order valence-electron chi connectivity index (χ3n) is 5.05. The maximum Gasteiger partial charge on any atom is 0.257 e. The van der Waals surface area contributed by atoms with Gasteiger partial charge in [-0.15, -0.1) is 11.3 Å². The number of thiazole rings is 1. The van der Waals surface area contributed by atoms with Crippen LogP contribution in [0.5, 0.6) is 0 Å². The maximum atomic E-state index is 12.7. The minimum Gasteiger partial charge on any atom is -0.298 e. The van der Waals surface area contributed by atoms with Crippen molar-refractivity contribution in [1.82, 2.24) is 14.2 Å². The lowest BCUT2D eigenvalue weighted by Gasteiger charge is -2.25. The zero-order valence-corrected chi connectivity index (χ0v) is 18.6. The monoisotopic (exact) mass is 436 g/mol. The summed E-state index contributed by atoms with van der Waals surface area (Å²) in [6.07, 6.45) is 3.73. The fourth-order valence-electron chi connectivity index (χ4n) is 3.46. The zero-order chi connectivity index (χ0) is 20.9. The van der Waals surface area contributed by atoms with Crippen molar-refractivity contribution in [2.75, 3.05) is 31.5 Å². The van der Waals surface area contributed by atoms with Crippen molar-refractivity contribution in [2.45, 2.75) is 44.6 Å². The van der Waals surface area contributed by atoms with E-state index in [1.165, 1.54) is 47.0 Å². The number of amides is 1. The highest BCUT2D eigenvalue weighted by molar-refractivity contribution is 7.89. The van der Waals surface area contributed by atoms with Gasteiger partial charge in [-0.3, -0.25) is 15.0 Å². The number of sulfonamides is 1. The van der Waals surface area contributed by atoms with E-state index in [2.05, 4.69) is 15.2 Å². The Labute approximate surface area is 176 Å². The molecule has 1 aliphatic heterocycles. The maximum absolute atomic E-state index is 12.7. The van der Waals surface area contributed by atoms with Crippen LogP contribution in [0, 0.1) is 0 Å². The Morgan fingerprint density at radius 2 is 1.93 bits per heavy atom. The molecule has 0 unspecified atom stereocenters. The summed E-state index contributed by atoms with van der Waals surface area (Å²) in [5.41, 5.74) is 1.25. The Kier molecular flexibility index (Phi) is 7.39. The summed E-state index contributed by atoms with van der Waals surface area (Å²) in [4.78, 5) is 19.7. The highest BCUT2D eigenvalue weighted by atomic mass is 32.2. The molecule has 0 atom stereocenters. The molecule has 0 aliphatic carbocycles. The number of anilines is 1. The van der Waals surface area contributed by atoms with Gasteiger partial charge in [0.1, 0.15) is 0 Å². The molecule has 2 aromatic rings. The summed E-state index contributed by atoms with van der Waals surface area (Å²) in [7, 11) is -3.61. The van der Waals surface area contributed by atoms with Crippen LogP contribution in [0.1, 0.15) is 49.2 Å². The summed E-state index contributed by atoms with van der Waals surface area (Å²) in [6, 6.07) is 6.14. The van der Waals surface area contributed by atoms with Crippen LogP contribution < -0.4 is 5.32 Å². The number of piperidine rings is 1. The average molecular weight is 437 g/mol. The molecule has 1 fully saturated rings. The predicted octanol–water partition coefficient (Wildman–Crippen LogP) is 3.41. The molecule has 0 spiro atoms. The van der Waals surface area contributed by atoms with Gasteiger partial charge in [-0.25, -0.2) is 13.4 Å². The van der Waals surface area contributed by atoms with Gasteiger partial charge in [-0.2, -0.15) is 4.31 Å². The highest BCUT2D eigenvalue weighted by Gasteiger charge is 2.22. The molecule has 0 radical (unpaired) electrons. The molecule has 7 nitrogen and oxygen atoms in total. The lowest BCUT2D eigenvalue weighted by atomic mass is 10.1. The molecule has 3 rings (SSSR count). The number of rotatable bonds is 8. The van der Waals surface area contributed by atoms with Gasteiger partial charge in [0.25, 0.3) is 5.91 Å². The van der Waals surface area contributed by atoms with Crippen LogP contribution in [0.4, 0.5) is 5.13 Å². The smallest absolute Gasteiger partial charge is 0.257 e. The summed E-state index contributed by atoms with van der Waals surface area (Å²) in [5, 5.41) is 5.28. The van der Waals surface area contributed by atoms with Crippen molar-refractivity contribution in [2.24, 2.45) is 0 Å². The third-order valence-corrected chi connectivity index (χ3v) is 7.90. The Hall–Kier alpha value is -1.81. The Morgan fingerprint density at radius 3 is 2.62 bits per heavy atom. The van der Waals surface area contributed by atoms with E-state index in [1.807, 2.05) is 5.38 Å². The molecular formula is C20H28N4O3S2. The quantitative estimate of drug-likeness (QED) is 0.686. The van der Waals surface area contributed by atoms with Gasteiger partial charge in [0.05, 0.1) is 10.6 Å². The molecule has 0 bridgehead atoms. The van der Waals surface area contributed by atoms with Crippen LogP contribution in [0.2, 0.25) is 0 Å². The van der Waals surface area contributed by atoms with E-state index in [9.17, 15) is 13.2 Å². The van der Waals surface area contributed by atoms with E-state index in [0.29, 0.717) is 23.8 Å². The Balaban J connectivity index is 1.68. The zero-order valence-electron chi connectivity index (χ0n) is 16.9. The van der Waals surface area contributed by atoms with Crippen LogP contribution in [-0.2, 0) is 16.6 Å². The minimum atomic E-state index is -3.61. The second kappa shape index (κ2) is 9.80. The van der Waals surface area contributed by atoms with E-state index in [4.69, 9.17) is 0 Å². The fraction of sp³-hybridized carbons (Fsp3) is 0.500. The van der Waals surface area contributed by atoms with Crippen LogP contribution in [0.3, 0.4) is 0 Å². The third kappa shape index (κ3) is 5.42. The average Bonchev–Trinajstić information content (AvgIpc) is 3.16. The molecule has 158 valence electrons. The lowest BCUT2D eigenvalue weighted by Crippen LogP contribution is -2.30. The fourth-order valence-corrected chi connectivity index (χ4v) is 5.66. The van der Waals surface area contributed by atoms with E-state index < -0.39 is 10.0 Å². The van der Waals surface area contributed by atoms with Gasteiger partial charge in [-0.05, 0) is 44.1 Å². The van der Waals surface area contributed by atoms with Gasteiger partial charge < -0.3 is 0 Å². The summed E-state index contributed by atoms with van der Waals surface area (Å²) < 4.78 is 26.8. The number of nitrogens with one attached hydrogen (secondary N) is 1. The topological polar surface area (TPSA) is 82.6 Å².